The standard InChI is InChI=1S/C21H26F2O/c1-3-5-15-24-19-14-13-18(20(22)21(19)23)12-11-17-9-7-16(6-4-2)8-10-17/h7-10,13-14H,3-6,11-12,15H2,1-2H3. The highest BCUT2D eigenvalue weighted by atomic mass is 19.2. The van der Waals surface area contributed by atoms with Gasteiger partial charge in [0.05, 0.1) is 6.61 Å². The zero-order valence-corrected chi connectivity index (χ0v) is 14.6. The van der Waals surface area contributed by atoms with Crippen molar-refractivity contribution in [2.24, 2.45) is 0 Å². The van der Waals surface area contributed by atoms with Gasteiger partial charge in [0.2, 0.25) is 5.82 Å². The lowest BCUT2D eigenvalue weighted by molar-refractivity contribution is 0.288. The van der Waals surface area contributed by atoms with Gasteiger partial charge in [-0.25, -0.2) is 4.39 Å². The molecule has 0 aliphatic rings. The largest absolute Gasteiger partial charge is 0.490 e. The summed E-state index contributed by atoms with van der Waals surface area (Å²) in [6, 6.07) is 11.5. The highest BCUT2D eigenvalue weighted by Crippen LogP contribution is 2.24. The second kappa shape index (κ2) is 9.41. The van der Waals surface area contributed by atoms with E-state index in [-0.39, 0.29) is 5.75 Å². The third kappa shape index (κ3) is 5.05. The van der Waals surface area contributed by atoms with Crippen LogP contribution in [-0.4, -0.2) is 6.61 Å². The Labute approximate surface area is 143 Å². The molecule has 2 rings (SSSR count). The van der Waals surface area contributed by atoms with Crippen LogP contribution in [-0.2, 0) is 19.3 Å². The molecule has 0 amide bonds. The Kier molecular flexibility index (Phi) is 7.23. The summed E-state index contributed by atoms with van der Waals surface area (Å²) in [7, 11) is 0. The van der Waals surface area contributed by atoms with Crippen LogP contribution in [0, 0.1) is 11.6 Å². The minimum atomic E-state index is -0.873. The van der Waals surface area contributed by atoms with E-state index >= 15 is 0 Å². The second-order valence-corrected chi connectivity index (χ2v) is 6.12. The molecular formula is C21H26F2O. The van der Waals surface area contributed by atoms with Gasteiger partial charge < -0.3 is 4.74 Å². The highest BCUT2D eigenvalue weighted by molar-refractivity contribution is 5.32. The topological polar surface area (TPSA) is 9.23 Å². The van der Waals surface area contributed by atoms with Crippen LogP contribution in [0.3, 0.4) is 0 Å². The van der Waals surface area contributed by atoms with E-state index in [1.54, 1.807) is 6.07 Å². The monoisotopic (exact) mass is 332 g/mol. The first-order chi connectivity index (χ1) is 11.7. The summed E-state index contributed by atoms with van der Waals surface area (Å²) < 4.78 is 33.5. The molecule has 3 heteroatoms. The molecule has 0 bridgehead atoms. The number of ether oxygens (including phenoxy) is 1. The fourth-order valence-corrected chi connectivity index (χ4v) is 2.64. The number of rotatable bonds is 9. The van der Waals surface area contributed by atoms with Crippen molar-refractivity contribution in [3.05, 3.63) is 64.7 Å². The van der Waals surface area contributed by atoms with Crippen molar-refractivity contribution in [1.82, 2.24) is 0 Å². The van der Waals surface area contributed by atoms with Crippen LogP contribution in [0.15, 0.2) is 36.4 Å². The van der Waals surface area contributed by atoms with E-state index in [2.05, 4.69) is 31.2 Å². The van der Waals surface area contributed by atoms with E-state index in [0.717, 1.165) is 31.2 Å². The number of hydrogen-bond acceptors (Lipinski definition) is 1. The lowest BCUT2D eigenvalue weighted by Crippen LogP contribution is -2.03. The summed E-state index contributed by atoms with van der Waals surface area (Å²) >= 11 is 0. The zero-order chi connectivity index (χ0) is 17.4. The van der Waals surface area contributed by atoms with Gasteiger partial charge in [-0.15, -0.1) is 0 Å². The third-order valence-corrected chi connectivity index (χ3v) is 4.13. The molecule has 0 heterocycles. The predicted octanol–water partition coefficient (Wildman–Crippen LogP) is 5.88. The molecule has 2 aromatic rings. The lowest BCUT2D eigenvalue weighted by Gasteiger charge is -2.10. The molecule has 0 aliphatic carbocycles. The molecule has 24 heavy (non-hydrogen) atoms. The van der Waals surface area contributed by atoms with Gasteiger partial charge in [-0.05, 0) is 48.4 Å². The maximum absolute atomic E-state index is 14.2. The van der Waals surface area contributed by atoms with Crippen LogP contribution in [0.2, 0.25) is 0 Å². The van der Waals surface area contributed by atoms with Gasteiger partial charge in [0.1, 0.15) is 0 Å². The Bertz CT molecular complexity index is 635. The molecule has 0 aliphatic heterocycles. The molecule has 2 aromatic carbocycles. The Hall–Kier alpha value is -1.90. The Morgan fingerprint density at radius 2 is 1.42 bits per heavy atom. The quantitative estimate of drug-likeness (QED) is 0.521. The smallest absolute Gasteiger partial charge is 0.200 e. The van der Waals surface area contributed by atoms with Crippen molar-refractivity contribution < 1.29 is 13.5 Å². The molecule has 1 nitrogen and oxygen atoms in total. The van der Waals surface area contributed by atoms with Crippen LogP contribution in [0.5, 0.6) is 5.75 Å². The van der Waals surface area contributed by atoms with E-state index in [9.17, 15) is 8.78 Å². The fraction of sp³-hybridized carbons (Fsp3) is 0.429. The molecule has 0 saturated carbocycles. The van der Waals surface area contributed by atoms with Gasteiger partial charge in [-0.2, -0.15) is 4.39 Å². The zero-order valence-electron chi connectivity index (χ0n) is 14.6. The van der Waals surface area contributed by atoms with E-state index in [1.165, 1.54) is 11.6 Å². The van der Waals surface area contributed by atoms with Gasteiger partial charge in [-0.3, -0.25) is 0 Å². The normalized spacial score (nSPS) is 10.8. The first-order valence-electron chi connectivity index (χ1n) is 8.83. The summed E-state index contributed by atoms with van der Waals surface area (Å²) in [6.45, 7) is 4.59. The van der Waals surface area contributed by atoms with Crippen molar-refractivity contribution >= 4 is 0 Å². The van der Waals surface area contributed by atoms with E-state index in [0.29, 0.717) is 25.0 Å². The van der Waals surface area contributed by atoms with Gasteiger partial charge in [0, 0.05) is 0 Å². The minimum Gasteiger partial charge on any atom is -0.490 e. The first kappa shape index (κ1) is 18.4. The van der Waals surface area contributed by atoms with Crippen molar-refractivity contribution in [3.8, 4) is 5.75 Å². The summed E-state index contributed by atoms with van der Waals surface area (Å²) in [5.41, 5.74) is 2.85. The van der Waals surface area contributed by atoms with E-state index < -0.39 is 11.6 Å². The number of halogens is 2. The Balaban J connectivity index is 1.98. The molecular weight excluding hydrogens is 306 g/mol. The summed E-state index contributed by atoms with van der Waals surface area (Å²) in [5.74, 6) is -1.65. The summed E-state index contributed by atoms with van der Waals surface area (Å²) in [6.07, 6.45) is 5.15. The lowest BCUT2D eigenvalue weighted by atomic mass is 10.0. The summed E-state index contributed by atoms with van der Waals surface area (Å²) in [5, 5.41) is 0. The number of aryl methyl sites for hydroxylation is 3. The molecule has 0 spiro atoms. The molecule has 0 saturated heterocycles. The average molecular weight is 332 g/mol. The fourth-order valence-electron chi connectivity index (χ4n) is 2.64. The Morgan fingerprint density at radius 3 is 2.04 bits per heavy atom. The van der Waals surface area contributed by atoms with Gasteiger partial charge in [0.15, 0.2) is 11.6 Å². The molecule has 0 N–H and O–H groups in total. The van der Waals surface area contributed by atoms with Gasteiger partial charge in [-0.1, -0.05) is 57.0 Å². The van der Waals surface area contributed by atoms with Crippen molar-refractivity contribution in [2.75, 3.05) is 6.61 Å². The molecule has 0 atom stereocenters. The van der Waals surface area contributed by atoms with E-state index in [1.807, 2.05) is 6.92 Å². The SMILES string of the molecule is CCCCOc1ccc(CCc2ccc(CCC)cc2)c(F)c1F. The van der Waals surface area contributed by atoms with Crippen LogP contribution in [0.4, 0.5) is 8.78 Å². The Morgan fingerprint density at radius 1 is 0.750 bits per heavy atom. The highest BCUT2D eigenvalue weighted by Gasteiger charge is 2.14. The van der Waals surface area contributed by atoms with E-state index in [4.69, 9.17) is 4.74 Å². The number of hydrogen-bond donors (Lipinski definition) is 0. The predicted molar refractivity (Wildman–Crippen MR) is 94.6 cm³/mol. The molecule has 130 valence electrons. The average Bonchev–Trinajstić information content (AvgIpc) is 2.60. The molecule has 0 aromatic heterocycles. The van der Waals surface area contributed by atoms with Crippen LogP contribution in [0.1, 0.15) is 49.8 Å². The van der Waals surface area contributed by atoms with Crippen molar-refractivity contribution in [3.63, 3.8) is 0 Å². The van der Waals surface area contributed by atoms with Crippen LogP contribution < -0.4 is 4.74 Å². The maximum Gasteiger partial charge on any atom is 0.200 e. The van der Waals surface area contributed by atoms with Crippen LogP contribution in [0.25, 0.3) is 0 Å². The second-order valence-electron chi connectivity index (χ2n) is 6.12. The van der Waals surface area contributed by atoms with Crippen molar-refractivity contribution in [1.29, 1.82) is 0 Å². The van der Waals surface area contributed by atoms with Crippen LogP contribution >= 0.6 is 0 Å². The molecule has 0 fully saturated rings. The van der Waals surface area contributed by atoms with Gasteiger partial charge >= 0.3 is 0 Å². The summed E-state index contributed by atoms with van der Waals surface area (Å²) in [4.78, 5) is 0. The number of benzene rings is 2. The third-order valence-electron chi connectivity index (χ3n) is 4.13. The first-order valence-corrected chi connectivity index (χ1v) is 8.83. The van der Waals surface area contributed by atoms with Crippen molar-refractivity contribution in [2.45, 2.75) is 52.4 Å². The van der Waals surface area contributed by atoms with Gasteiger partial charge in [0.25, 0.3) is 0 Å². The number of unbranched alkanes of at least 4 members (excludes halogenated alkanes) is 1. The minimum absolute atomic E-state index is 0.00798. The molecule has 0 radical (unpaired) electrons. The maximum atomic E-state index is 14.2. The molecule has 0 unspecified atom stereocenters.